The lowest BCUT2D eigenvalue weighted by Gasteiger charge is -2.15. The number of pyridine rings is 1. The van der Waals surface area contributed by atoms with E-state index in [0.717, 1.165) is 5.69 Å². The molecule has 0 radical (unpaired) electrons. The number of hydrogen-bond acceptors (Lipinski definition) is 8. The van der Waals surface area contributed by atoms with Gasteiger partial charge in [-0.25, -0.2) is 4.98 Å². The minimum atomic E-state index is -3.67. The summed E-state index contributed by atoms with van der Waals surface area (Å²) in [6, 6.07) is 12.0. The third-order valence-electron chi connectivity index (χ3n) is 4.32. The van der Waals surface area contributed by atoms with Crippen LogP contribution < -0.4 is 15.5 Å². The fourth-order valence-electron chi connectivity index (χ4n) is 2.87. The highest BCUT2D eigenvalue weighted by Crippen LogP contribution is 2.23. The van der Waals surface area contributed by atoms with Crippen LogP contribution in [-0.2, 0) is 14.9 Å². The molecule has 1 aromatic carbocycles. The molecule has 3 aromatic rings. The maximum absolute atomic E-state index is 12.7. The van der Waals surface area contributed by atoms with Crippen LogP contribution in [0.4, 0.5) is 17.2 Å². The number of carbonyl (C=O) groups excluding carboxylic acids is 2. The van der Waals surface area contributed by atoms with Crippen molar-refractivity contribution >= 4 is 68.1 Å². The van der Waals surface area contributed by atoms with Crippen molar-refractivity contribution < 1.29 is 27.3 Å². The van der Waals surface area contributed by atoms with Gasteiger partial charge in [0, 0.05) is 17.6 Å². The summed E-state index contributed by atoms with van der Waals surface area (Å²) in [5, 5.41) is 15.3. The maximum atomic E-state index is 12.7. The van der Waals surface area contributed by atoms with Crippen molar-refractivity contribution in [2.75, 3.05) is 34.9 Å². The summed E-state index contributed by atoms with van der Waals surface area (Å²) < 4.78 is 31.0. The lowest BCUT2D eigenvalue weighted by atomic mass is 10.2. The van der Waals surface area contributed by atoms with Gasteiger partial charge in [0.2, 0.25) is 0 Å². The second kappa shape index (κ2) is 11.3. The summed E-state index contributed by atoms with van der Waals surface area (Å²) in [5.41, 5.74) is 1.64. The summed E-state index contributed by atoms with van der Waals surface area (Å²) >= 11 is 6.97. The molecule has 1 aliphatic heterocycles. The molecule has 2 aromatic heterocycles. The number of amides is 2. The van der Waals surface area contributed by atoms with E-state index in [2.05, 4.69) is 15.6 Å². The molecule has 0 atom stereocenters. The third kappa shape index (κ3) is 7.75. The van der Waals surface area contributed by atoms with Crippen molar-refractivity contribution in [2.24, 2.45) is 0 Å². The minimum Gasteiger partial charge on any atom is -0.463 e. The molecule has 0 saturated carbocycles. The number of halogens is 1. The Labute approximate surface area is 210 Å². The van der Waals surface area contributed by atoms with E-state index in [4.69, 9.17) is 26.3 Å². The Kier molecular flexibility index (Phi) is 8.40. The number of anilines is 3. The van der Waals surface area contributed by atoms with Crippen LogP contribution in [0.15, 0.2) is 54.0 Å². The quantitative estimate of drug-likeness (QED) is 0.359. The highest BCUT2D eigenvalue weighted by atomic mass is 35.5. The van der Waals surface area contributed by atoms with E-state index in [9.17, 15) is 18.0 Å². The van der Waals surface area contributed by atoms with Crippen molar-refractivity contribution in [2.45, 2.75) is 0 Å². The van der Waals surface area contributed by atoms with Gasteiger partial charge in [0.25, 0.3) is 28.0 Å². The van der Waals surface area contributed by atoms with Crippen LogP contribution in [0.5, 0.6) is 0 Å². The first kappa shape index (κ1) is 26.1. The van der Waals surface area contributed by atoms with E-state index in [1.165, 1.54) is 17.5 Å². The SMILES string of the molecule is CS(=O)(=O)O.N=C1OCCN1c1ccc(NC(=O)c2sccc2C(=O)Nc2ccc(Cl)cn2)cc1. The summed E-state index contributed by atoms with van der Waals surface area (Å²) in [6.45, 7) is 1.09. The highest BCUT2D eigenvalue weighted by Gasteiger charge is 2.21. The summed E-state index contributed by atoms with van der Waals surface area (Å²) in [6.07, 6.45) is 2.14. The number of ether oxygens (including phenoxy) is 1. The van der Waals surface area contributed by atoms with Crippen LogP contribution >= 0.6 is 22.9 Å². The summed E-state index contributed by atoms with van der Waals surface area (Å²) in [5.74, 6) is -0.475. The van der Waals surface area contributed by atoms with Crippen LogP contribution in [-0.4, -0.2) is 55.2 Å². The van der Waals surface area contributed by atoms with E-state index in [1.807, 2.05) is 0 Å². The highest BCUT2D eigenvalue weighted by molar-refractivity contribution is 7.85. The number of aromatic nitrogens is 1. The Morgan fingerprint density at radius 2 is 1.83 bits per heavy atom. The van der Waals surface area contributed by atoms with Gasteiger partial charge in [0.05, 0.1) is 23.4 Å². The number of amidine groups is 1. The number of thiophene rings is 1. The number of carbonyl (C=O) groups is 2. The van der Waals surface area contributed by atoms with Crippen molar-refractivity contribution in [3.8, 4) is 0 Å². The Hall–Kier alpha value is -3.52. The molecule has 1 fully saturated rings. The molecule has 11 nitrogen and oxygen atoms in total. The van der Waals surface area contributed by atoms with Crippen molar-refractivity contribution in [3.63, 3.8) is 0 Å². The molecule has 0 spiro atoms. The smallest absolute Gasteiger partial charge is 0.289 e. The Morgan fingerprint density at radius 3 is 2.40 bits per heavy atom. The van der Waals surface area contributed by atoms with Gasteiger partial charge in [0.15, 0.2) is 0 Å². The topological polar surface area (TPSA) is 162 Å². The van der Waals surface area contributed by atoms with Crippen molar-refractivity contribution in [1.82, 2.24) is 4.98 Å². The summed E-state index contributed by atoms with van der Waals surface area (Å²) in [4.78, 5) is 31.3. The van der Waals surface area contributed by atoms with E-state index < -0.39 is 16.0 Å². The monoisotopic (exact) mass is 537 g/mol. The average molecular weight is 538 g/mol. The molecule has 184 valence electrons. The Bertz CT molecular complexity index is 1320. The number of nitrogens with zero attached hydrogens (tertiary/aromatic N) is 2. The van der Waals surface area contributed by atoms with Crippen LogP contribution in [0.2, 0.25) is 5.02 Å². The Balaban J connectivity index is 0.000000623. The lowest BCUT2D eigenvalue weighted by molar-refractivity contribution is 0.0993. The summed E-state index contributed by atoms with van der Waals surface area (Å²) in [7, 11) is -3.67. The normalized spacial score (nSPS) is 12.9. The molecule has 4 N–H and O–H groups in total. The molecule has 3 heterocycles. The van der Waals surface area contributed by atoms with Crippen molar-refractivity contribution in [3.05, 3.63) is 69.5 Å². The minimum absolute atomic E-state index is 0.108. The van der Waals surface area contributed by atoms with Crippen LogP contribution in [0, 0.1) is 5.41 Å². The third-order valence-corrected chi connectivity index (χ3v) is 5.46. The first-order chi connectivity index (χ1) is 16.5. The van der Waals surface area contributed by atoms with Gasteiger partial charge in [-0.15, -0.1) is 11.3 Å². The molecule has 0 bridgehead atoms. The zero-order valence-corrected chi connectivity index (χ0v) is 20.6. The van der Waals surface area contributed by atoms with E-state index in [-0.39, 0.29) is 17.5 Å². The number of hydrogen-bond donors (Lipinski definition) is 4. The van der Waals surface area contributed by atoms with Gasteiger partial charge in [-0.2, -0.15) is 8.42 Å². The van der Waals surface area contributed by atoms with Gasteiger partial charge in [-0.05, 0) is 47.8 Å². The molecule has 35 heavy (non-hydrogen) atoms. The van der Waals surface area contributed by atoms with Gasteiger partial charge in [0.1, 0.15) is 17.3 Å². The van der Waals surface area contributed by atoms with Crippen molar-refractivity contribution in [1.29, 1.82) is 5.41 Å². The van der Waals surface area contributed by atoms with E-state index in [0.29, 0.717) is 40.8 Å². The largest absolute Gasteiger partial charge is 0.463 e. The molecule has 14 heteroatoms. The van der Waals surface area contributed by atoms with Gasteiger partial charge < -0.3 is 15.4 Å². The second-order valence-electron chi connectivity index (χ2n) is 7.02. The molecule has 0 unspecified atom stereocenters. The number of benzene rings is 1. The predicted molar refractivity (Wildman–Crippen MR) is 134 cm³/mol. The van der Waals surface area contributed by atoms with Crippen LogP contribution in [0.3, 0.4) is 0 Å². The molecule has 1 aliphatic rings. The maximum Gasteiger partial charge on any atom is 0.289 e. The molecular formula is C21H20ClN5O6S2. The fraction of sp³-hybridized carbons (Fsp3) is 0.143. The van der Waals surface area contributed by atoms with Crippen LogP contribution in [0.25, 0.3) is 0 Å². The first-order valence-electron chi connectivity index (χ1n) is 9.84. The van der Waals surface area contributed by atoms with Crippen LogP contribution in [0.1, 0.15) is 20.0 Å². The van der Waals surface area contributed by atoms with Gasteiger partial charge in [-0.1, -0.05) is 11.6 Å². The fourth-order valence-corrected chi connectivity index (χ4v) is 3.77. The molecule has 4 rings (SSSR count). The van der Waals surface area contributed by atoms with E-state index >= 15 is 0 Å². The standard InChI is InChI=1S/C20H16ClN5O3S.CH4O3S/c21-12-1-6-16(23-11-12)25-18(27)15-7-10-30-17(15)19(28)24-13-2-4-14(5-3-13)26-8-9-29-20(26)22;1-5(2,3)4/h1-7,10-11,22H,8-9H2,(H,24,28)(H,23,25,27);1H3,(H,2,3,4). The molecule has 1 saturated heterocycles. The number of nitrogens with one attached hydrogen (secondary N) is 3. The first-order valence-corrected chi connectivity index (χ1v) is 12.9. The molecule has 2 amide bonds. The van der Waals surface area contributed by atoms with Gasteiger partial charge in [-0.3, -0.25) is 24.5 Å². The predicted octanol–water partition coefficient (Wildman–Crippen LogP) is 3.58. The average Bonchev–Trinajstić information content (AvgIpc) is 3.44. The molecular weight excluding hydrogens is 518 g/mol. The zero-order chi connectivity index (χ0) is 25.6. The Morgan fingerprint density at radius 1 is 1.14 bits per heavy atom. The zero-order valence-electron chi connectivity index (χ0n) is 18.2. The van der Waals surface area contributed by atoms with Gasteiger partial charge >= 0.3 is 0 Å². The molecule has 0 aliphatic carbocycles. The second-order valence-corrected chi connectivity index (χ2v) is 9.84. The van der Waals surface area contributed by atoms with E-state index in [1.54, 1.807) is 52.7 Å². The number of rotatable bonds is 5. The lowest BCUT2D eigenvalue weighted by Crippen LogP contribution is -2.23.